The van der Waals surface area contributed by atoms with E-state index in [0.29, 0.717) is 34.1 Å². The summed E-state index contributed by atoms with van der Waals surface area (Å²) >= 11 is 0. The number of imidazole rings is 1. The lowest BCUT2D eigenvalue weighted by Crippen LogP contribution is -2.16. The summed E-state index contributed by atoms with van der Waals surface area (Å²) < 4.78 is 57.8. The highest BCUT2D eigenvalue weighted by atomic mass is 32.2. The van der Waals surface area contributed by atoms with Gasteiger partial charge in [-0.3, -0.25) is 4.72 Å². The van der Waals surface area contributed by atoms with Crippen molar-refractivity contribution < 1.29 is 17.2 Å². The maximum atomic E-state index is 14.1. The van der Waals surface area contributed by atoms with Gasteiger partial charge in [0.25, 0.3) is 10.0 Å². The smallest absolute Gasteiger partial charge is 0.267 e. The normalized spacial score (nSPS) is 14.7. The molecule has 3 aromatic heterocycles. The quantitative estimate of drug-likeness (QED) is 0.313. The van der Waals surface area contributed by atoms with E-state index in [4.69, 9.17) is 5.73 Å². The number of aromatic amines is 1. The Kier molecular flexibility index (Phi) is 5.14. The van der Waals surface area contributed by atoms with Gasteiger partial charge in [-0.25, -0.2) is 32.2 Å². The molecule has 1 saturated carbocycles. The highest BCUT2D eigenvalue weighted by Crippen LogP contribution is 2.38. The first-order chi connectivity index (χ1) is 17.3. The molecule has 12 heteroatoms. The molecule has 0 amide bonds. The SMILES string of the molecule is Nc1ncnc2c1c(-c1nc3ccc(NS(=O)(=O)c4c(F)cccc4F)cc3[nH]1)cn2C1CCCC1. The molecular weight excluding hydrogens is 488 g/mol. The fourth-order valence-electron chi connectivity index (χ4n) is 4.89. The number of aromatic nitrogens is 5. The number of benzene rings is 2. The average molecular weight is 510 g/mol. The minimum absolute atomic E-state index is 0.122. The fourth-order valence-corrected chi connectivity index (χ4v) is 6.08. The van der Waals surface area contributed by atoms with Crippen molar-refractivity contribution in [2.75, 3.05) is 10.5 Å². The summed E-state index contributed by atoms with van der Waals surface area (Å²) in [5.74, 6) is -1.49. The topological polar surface area (TPSA) is 132 Å². The molecule has 1 fully saturated rings. The number of H-pyrrole nitrogens is 1. The second kappa shape index (κ2) is 8.26. The molecule has 0 spiro atoms. The Balaban J connectivity index is 1.41. The number of sulfonamides is 1. The molecule has 1 aliphatic rings. The first-order valence-corrected chi connectivity index (χ1v) is 12.9. The lowest BCUT2D eigenvalue weighted by atomic mass is 10.2. The minimum atomic E-state index is -4.50. The molecule has 0 atom stereocenters. The number of fused-ring (bicyclic) bond motifs is 2. The van der Waals surface area contributed by atoms with Gasteiger partial charge in [0.05, 0.1) is 22.1 Å². The maximum Gasteiger partial charge on any atom is 0.267 e. The Morgan fingerprint density at radius 2 is 1.83 bits per heavy atom. The first-order valence-electron chi connectivity index (χ1n) is 11.4. The lowest BCUT2D eigenvalue weighted by molar-refractivity contribution is 0.521. The van der Waals surface area contributed by atoms with Crippen molar-refractivity contribution in [3.05, 3.63) is 60.6 Å². The highest BCUT2D eigenvalue weighted by molar-refractivity contribution is 7.92. The van der Waals surface area contributed by atoms with Crippen LogP contribution in [0.5, 0.6) is 0 Å². The molecule has 3 heterocycles. The van der Waals surface area contributed by atoms with E-state index in [0.717, 1.165) is 55.1 Å². The van der Waals surface area contributed by atoms with E-state index in [1.165, 1.54) is 18.5 Å². The summed E-state index contributed by atoms with van der Waals surface area (Å²) in [6.07, 6.45) is 7.84. The van der Waals surface area contributed by atoms with Gasteiger partial charge < -0.3 is 15.3 Å². The Morgan fingerprint density at radius 3 is 2.58 bits per heavy atom. The second-order valence-electron chi connectivity index (χ2n) is 8.82. The van der Waals surface area contributed by atoms with Crippen molar-refractivity contribution in [3.63, 3.8) is 0 Å². The molecule has 1 aliphatic carbocycles. The van der Waals surface area contributed by atoms with Crippen LogP contribution in [0.2, 0.25) is 0 Å². The van der Waals surface area contributed by atoms with Crippen molar-refractivity contribution in [3.8, 4) is 11.4 Å². The van der Waals surface area contributed by atoms with E-state index in [2.05, 4.69) is 29.2 Å². The first kappa shape index (κ1) is 22.4. The predicted octanol–water partition coefficient (Wildman–Crippen LogP) is 4.75. The Labute approximate surface area is 204 Å². The molecule has 0 bridgehead atoms. The van der Waals surface area contributed by atoms with Crippen molar-refractivity contribution in [1.29, 1.82) is 0 Å². The van der Waals surface area contributed by atoms with Crippen LogP contribution in [0, 0.1) is 11.6 Å². The van der Waals surface area contributed by atoms with Gasteiger partial charge in [-0.05, 0) is 43.2 Å². The number of halogens is 2. The van der Waals surface area contributed by atoms with E-state index in [1.54, 1.807) is 6.07 Å². The van der Waals surface area contributed by atoms with Crippen LogP contribution in [-0.4, -0.2) is 32.9 Å². The van der Waals surface area contributed by atoms with Crippen molar-refractivity contribution in [1.82, 2.24) is 24.5 Å². The summed E-state index contributed by atoms with van der Waals surface area (Å²) in [5, 5.41) is 0.694. The summed E-state index contributed by atoms with van der Waals surface area (Å²) in [4.78, 5) is 15.5. The van der Waals surface area contributed by atoms with Crippen LogP contribution in [0.3, 0.4) is 0 Å². The number of nitrogens with zero attached hydrogens (tertiary/aromatic N) is 4. The van der Waals surface area contributed by atoms with Crippen molar-refractivity contribution >= 4 is 43.6 Å². The fraction of sp³-hybridized carbons (Fsp3) is 0.208. The van der Waals surface area contributed by atoms with Gasteiger partial charge in [-0.1, -0.05) is 18.9 Å². The van der Waals surface area contributed by atoms with Crippen LogP contribution in [0.15, 0.2) is 53.8 Å². The lowest BCUT2D eigenvalue weighted by Gasteiger charge is -2.12. The van der Waals surface area contributed by atoms with Gasteiger partial charge in [-0.15, -0.1) is 0 Å². The van der Waals surface area contributed by atoms with Gasteiger partial charge >= 0.3 is 0 Å². The number of hydrogen-bond acceptors (Lipinski definition) is 6. The summed E-state index contributed by atoms with van der Waals surface area (Å²) in [6, 6.07) is 7.80. The van der Waals surface area contributed by atoms with Gasteiger partial charge in [0, 0.05) is 17.8 Å². The number of nitrogens with one attached hydrogen (secondary N) is 2. The standard InChI is InChI=1S/C24H21F2N7O2S/c25-16-6-3-7-17(26)21(16)36(34,35)32-13-8-9-18-19(10-13)31-23(30-18)15-11-33(14-4-1-2-5-14)24-20(15)22(27)28-12-29-24/h3,6-12,14,32H,1-2,4-5H2,(H,30,31)(H2,27,28,29). The Hall–Kier alpha value is -4.06. The zero-order valence-electron chi connectivity index (χ0n) is 18.9. The minimum Gasteiger partial charge on any atom is -0.383 e. The Morgan fingerprint density at radius 1 is 1.08 bits per heavy atom. The molecule has 0 radical (unpaired) electrons. The third-order valence-corrected chi connectivity index (χ3v) is 7.97. The van der Waals surface area contributed by atoms with Crippen molar-refractivity contribution in [2.24, 2.45) is 0 Å². The van der Waals surface area contributed by atoms with Crippen LogP contribution in [0.4, 0.5) is 20.3 Å². The number of rotatable bonds is 5. The van der Waals surface area contributed by atoms with Gasteiger partial charge in [0.2, 0.25) is 0 Å². The van der Waals surface area contributed by atoms with Crippen molar-refractivity contribution in [2.45, 2.75) is 36.6 Å². The number of hydrogen-bond donors (Lipinski definition) is 3. The van der Waals surface area contributed by atoms with Gasteiger partial charge in [0.15, 0.2) is 4.90 Å². The molecule has 4 N–H and O–H groups in total. The van der Waals surface area contributed by atoms with E-state index >= 15 is 0 Å². The van der Waals surface area contributed by atoms with E-state index in [1.807, 2.05) is 6.20 Å². The average Bonchev–Trinajstić information content (AvgIpc) is 3.56. The summed E-state index contributed by atoms with van der Waals surface area (Å²) in [7, 11) is -4.50. The molecule has 9 nitrogen and oxygen atoms in total. The Bertz CT molecular complexity index is 1720. The maximum absolute atomic E-state index is 14.1. The number of anilines is 2. The zero-order chi connectivity index (χ0) is 25.0. The summed E-state index contributed by atoms with van der Waals surface area (Å²) in [6.45, 7) is 0. The monoisotopic (exact) mass is 509 g/mol. The van der Waals surface area contributed by atoms with E-state index in [9.17, 15) is 17.2 Å². The van der Waals surface area contributed by atoms with Gasteiger partial charge in [0.1, 0.15) is 35.3 Å². The molecule has 0 aliphatic heterocycles. The van der Waals surface area contributed by atoms with Gasteiger partial charge in [-0.2, -0.15) is 0 Å². The van der Waals surface area contributed by atoms with Crippen LogP contribution in [0.25, 0.3) is 33.5 Å². The summed E-state index contributed by atoms with van der Waals surface area (Å²) in [5.41, 5.74) is 8.93. The van der Waals surface area contributed by atoms with Crippen LogP contribution in [-0.2, 0) is 10.0 Å². The second-order valence-corrected chi connectivity index (χ2v) is 10.4. The van der Waals surface area contributed by atoms with Crippen LogP contribution in [0.1, 0.15) is 31.7 Å². The highest BCUT2D eigenvalue weighted by Gasteiger charge is 2.26. The predicted molar refractivity (Wildman–Crippen MR) is 132 cm³/mol. The number of nitrogen functional groups attached to an aromatic ring is 1. The van der Waals surface area contributed by atoms with Crippen LogP contribution < -0.4 is 10.5 Å². The third kappa shape index (κ3) is 3.65. The molecule has 184 valence electrons. The van der Waals surface area contributed by atoms with E-state index < -0.39 is 26.6 Å². The van der Waals surface area contributed by atoms with Crippen LogP contribution >= 0.6 is 0 Å². The molecular formula is C24H21F2N7O2S. The van der Waals surface area contributed by atoms with E-state index in [-0.39, 0.29) is 5.69 Å². The zero-order valence-corrected chi connectivity index (χ0v) is 19.7. The molecule has 5 aromatic rings. The molecule has 0 saturated heterocycles. The molecule has 2 aromatic carbocycles. The third-order valence-electron chi connectivity index (χ3n) is 6.53. The molecule has 0 unspecified atom stereocenters. The molecule has 36 heavy (non-hydrogen) atoms. The number of nitrogens with two attached hydrogens (primary N) is 1. The molecule has 6 rings (SSSR count). The largest absolute Gasteiger partial charge is 0.383 e.